The van der Waals surface area contributed by atoms with Crippen LogP contribution in [0.1, 0.15) is 51.5 Å². The molecule has 0 saturated carbocycles. The normalized spacial score (nSPS) is 12.6. The van der Waals surface area contributed by atoms with Gasteiger partial charge in [-0.1, -0.05) is 32.4 Å². The third kappa shape index (κ3) is 6.06. The summed E-state index contributed by atoms with van der Waals surface area (Å²) in [6.45, 7) is 5.58. The molecule has 1 atom stereocenters. The van der Waals surface area contributed by atoms with Crippen LogP contribution in [0.25, 0.3) is 0 Å². The molecule has 0 aliphatic heterocycles. The van der Waals surface area contributed by atoms with Gasteiger partial charge in [0.05, 0.1) is 0 Å². The van der Waals surface area contributed by atoms with E-state index in [0.717, 1.165) is 13.0 Å². The zero-order valence-corrected chi connectivity index (χ0v) is 11.8. The molecule has 18 heavy (non-hydrogen) atoms. The molecule has 0 heterocycles. The van der Waals surface area contributed by atoms with Gasteiger partial charge in [-0.3, -0.25) is 0 Å². The molecule has 0 spiro atoms. The molecular weight excluding hydrogens is 222 g/mol. The first-order chi connectivity index (χ1) is 8.76. The molecule has 2 heteroatoms. The van der Waals surface area contributed by atoms with Crippen molar-refractivity contribution < 1.29 is 5.11 Å². The first-order valence-corrected chi connectivity index (χ1v) is 7.27. The Bertz CT molecular complexity index is 325. The predicted octanol–water partition coefficient (Wildman–Crippen LogP) is 3.88. The van der Waals surface area contributed by atoms with E-state index in [1.54, 1.807) is 6.07 Å². The lowest BCUT2D eigenvalue weighted by molar-refractivity contribution is 0.437. The Labute approximate surface area is 111 Å². The summed E-state index contributed by atoms with van der Waals surface area (Å²) in [5.41, 5.74) is 1.24. The fourth-order valence-electron chi connectivity index (χ4n) is 2.31. The van der Waals surface area contributed by atoms with Crippen molar-refractivity contribution in [1.29, 1.82) is 0 Å². The molecule has 0 radical (unpaired) electrons. The SMILES string of the molecule is CCCNC(CCC)CCCc1cccc(O)c1. The molecular formula is C16H27NO. The number of hydrogen-bond acceptors (Lipinski definition) is 2. The maximum Gasteiger partial charge on any atom is 0.115 e. The Kier molecular flexibility index (Phi) is 7.51. The highest BCUT2D eigenvalue weighted by molar-refractivity contribution is 5.27. The van der Waals surface area contributed by atoms with Gasteiger partial charge in [0.25, 0.3) is 0 Å². The first-order valence-electron chi connectivity index (χ1n) is 7.27. The number of rotatable bonds is 9. The molecule has 0 aliphatic rings. The number of aromatic hydroxyl groups is 1. The van der Waals surface area contributed by atoms with Crippen LogP contribution in [0.15, 0.2) is 24.3 Å². The third-order valence-electron chi connectivity index (χ3n) is 3.25. The van der Waals surface area contributed by atoms with Gasteiger partial charge in [0.1, 0.15) is 5.75 Å². The van der Waals surface area contributed by atoms with Crippen LogP contribution in [0.3, 0.4) is 0 Å². The lowest BCUT2D eigenvalue weighted by Gasteiger charge is -2.17. The van der Waals surface area contributed by atoms with Crippen LogP contribution in [-0.2, 0) is 6.42 Å². The monoisotopic (exact) mass is 249 g/mol. The minimum Gasteiger partial charge on any atom is -0.508 e. The van der Waals surface area contributed by atoms with E-state index in [-0.39, 0.29) is 0 Å². The molecule has 102 valence electrons. The van der Waals surface area contributed by atoms with Crippen LogP contribution in [0.2, 0.25) is 0 Å². The number of aryl methyl sites for hydroxylation is 1. The summed E-state index contributed by atoms with van der Waals surface area (Å²) in [5.74, 6) is 0.377. The summed E-state index contributed by atoms with van der Waals surface area (Å²) in [6.07, 6.45) is 7.18. The Morgan fingerprint density at radius 1 is 1.17 bits per heavy atom. The number of hydrogen-bond donors (Lipinski definition) is 2. The molecule has 0 fully saturated rings. The highest BCUT2D eigenvalue weighted by Gasteiger charge is 2.06. The standard InChI is InChI=1S/C16H27NO/c1-3-7-15(17-12-4-2)10-5-8-14-9-6-11-16(18)13-14/h6,9,11,13,15,17-18H,3-5,7-8,10,12H2,1-2H3. The van der Waals surface area contributed by atoms with Crippen LogP contribution in [-0.4, -0.2) is 17.7 Å². The minimum absolute atomic E-state index is 0.377. The molecule has 1 unspecified atom stereocenters. The molecule has 0 amide bonds. The van der Waals surface area contributed by atoms with Crippen LogP contribution in [0, 0.1) is 0 Å². The zero-order chi connectivity index (χ0) is 13.2. The summed E-state index contributed by atoms with van der Waals surface area (Å²) in [5, 5.41) is 13.0. The second-order valence-corrected chi connectivity index (χ2v) is 5.00. The molecule has 2 nitrogen and oxygen atoms in total. The van der Waals surface area contributed by atoms with E-state index in [4.69, 9.17) is 0 Å². The summed E-state index contributed by atoms with van der Waals surface area (Å²) >= 11 is 0. The van der Waals surface area contributed by atoms with Gasteiger partial charge in [-0.05, 0) is 56.3 Å². The first kappa shape index (κ1) is 15.0. The van der Waals surface area contributed by atoms with E-state index in [2.05, 4.69) is 25.2 Å². The summed E-state index contributed by atoms with van der Waals surface area (Å²) in [6, 6.07) is 8.27. The van der Waals surface area contributed by atoms with Gasteiger partial charge >= 0.3 is 0 Å². The van der Waals surface area contributed by atoms with Gasteiger partial charge in [0.2, 0.25) is 0 Å². The number of nitrogens with one attached hydrogen (secondary N) is 1. The largest absolute Gasteiger partial charge is 0.508 e. The van der Waals surface area contributed by atoms with Crippen molar-refractivity contribution in [2.75, 3.05) is 6.54 Å². The van der Waals surface area contributed by atoms with E-state index >= 15 is 0 Å². The zero-order valence-electron chi connectivity index (χ0n) is 11.8. The van der Waals surface area contributed by atoms with E-state index in [1.807, 2.05) is 12.1 Å². The van der Waals surface area contributed by atoms with Crippen molar-refractivity contribution in [1.82, 2.24) is 5.32 Å². The van der Waals surface area contributed by atoms with Crippen molar-refractivity contribution in [3.8, 4) is 5.75 Å². The molecule has 0 bridgehead atoms. The van der Waals surface area contributed by atoms with E-state index < -0.39 is 0 Å². The third-order valence-corrected chi connectivity index (χ3v) is 3.25. The molecule has 0 aliphatic carbocycles. The van der Waals surface area contributed by atoms with E-state index in [1.165, 1.54) is 37.7 Å². The van der Waals surface area contributed by atoms with Crippen LogP contribution >= 0.6 is 0 Å². The molecule has 1 aromatic carbocycles. The second kappa shape index (κ2) is 8.98. The predicted molar refractivity (Wildman–Crippen MR) is 78.0 cm³/mol. The fraction of sp³-hybridized carbons (Fsp3) is 0.625. The van der Waals surface area contributed by atoms with Crippen molar-refractivity contribution in [3.05, 3.63) is 29.8 Å². The maximum atomic E-state index is 9.41. The Balaban J connectivity index is 2.29. The Hall–Kier alpha value is -1.02. The molecule has 1 aromatic rings. The highest BCUT2D eigenvalue weighted by atomic mass is 16.3. The Morgan fingerprint density at radius 2 is 2.00 bits per heavy atom. The lowest BCUT2D eigenvalue weighted by atomic mass is 10.0. The quantitative estimate of drug-likeness (QED) is 0.696. The summed E-state index contributed by atoms with van der Waals surface area (Å²) in [4.78, 5) is 0. The van der Waals surface area contributed by atoms with Crippen LogP contribution in [0.4, 0.5) is 0 Å². The molecule has 0 saturated heterocycles. The van der Waals surface area contributed by atoms with Gasteiger partial charge < -0.3 is 10.4 Å². The summed E-state index contributed by atoms with van der Waals surface area (Å²) in [7, 11) is 0. The lowest BCUT2D eigenvalue weighted by Crippen LogP contribution is -2.29. The Morgan fingerprint density at radius 3 is 2.67 bits per heavy atom. The average Bonchev–Trinajstić information content (AvgIpc) is 2.36. The highest BCUT2D eigenvalue weighted by Crippen LogP contribution is 2.14. The van der Waals surface area contributed by atoms with Gasteiger partial charge in [-0.25, -0.2) is 0 Å². The van der Waals surface area contributed by atoms with Gasteiger partial charge in [0, 0.05) is 6.04 Å². The minimum atomic E-state index is 0.377. The fourth-order valence-corrected chi connectivity index (χ4v) is 2.31. The van der Waals surface area contributed by atoms with Gasteiger partial charge in [-0.15, -0.1) is 0 Å². The maximum absolute atomic E-state index is 9.41. The number of phenolic OH excluding ortho intramolecular Hbond substituents is 1. The van der Waals surface area contributed by atoms with Gasteiger partial charge in [0.15, 0.2) is 0 Å². The summed E-state index contributed by atoms with van der Waals surface area (Å²) < 4.78 is 0. The van der Waals surface area contributed by atoms with Crippen molar-refractivity contribution >= 4 is 0 Å². The number of phenols is 1. The molecule has 1 rings (SSSR count). The van der Waals surface area contributed by atoms with E-state index in [9.17, 15) is 5.11 Å². The topological polar surface area (TPSA) is 32.3 Å². The van der Waals surface area contributed by atoms with Crippen molar-refractivity contribution in [2.24, 2.45) is 0 Å². The molecule has 2 N–H and O–H groups in total. The molecule has 0 aromatic heterocycles. The van der Waals surface area contributed by atoms with Gasteiger partial charge in [-0.2, -0.15) is 0 Å². The van der Waals surface area contributed by atoms with E-state index in [0.29, 0.717) is 11.8 Å². The van der Waals surface area contributed by atoms with Crippen LogP contribution in [0.5, 0.6) is 5.75 Å². The van der Waals surface area contributed by atoms with Crippen molar-refractivity contribution in [3.63, 3.8) is 0 Å². The average molecular weight is 249 g/mol. The second-order valence-electron chi connectivity index (χ2n) is 5.00. The smallest absolute Gasteiger partial charge is 0.115 e. The number of benzene rings is 1. The van der Waals surface area contributed by atoms with Crippen molar-refractivity contribution in [2.45, 2.75) is 58.4 Å². The van der Waals surface area contributed by atoms with Crippen LogP contribution < -0.4 is 5.32 Å².